The highest BCUT2D eigenvalue weighted by Crippen LogP contribution is 2.42. The minimum atomic E-state index is 0.686. The van der Waals surface area contributed by atoms with Crippen molar-refractivity contribution in [2.45, 2.75) is 45.4 Å². The Hall–Kier alpha value is -0.0800. The Morgan fingerprint density at radius 2 is 1.87 bits per heavy atom. The number of hydrogen-bond acceptors (Lipinski definition) is 2. The Kier molecular flexibility index (Phi) is 4.04. The van der Waals surface area contributed by atoms with Gasteiger partial charge in [-0.2, -0.15) is 0 Å². The van der Waals surface area contributed by atoms with E-state index in [0.717, 1.165) is 0 Å². The van der Waals surface area contributed by atoms with Gasteiger partial charge < -0.3 is 10.2 Å². The third-order valence-corrected chi connectivity index (χ3v) is 4.47. The summed E-state index contributed by atoms with van der Waals surface area (Å²) >= 11 is 0. The number of nitrogens with zero attached hydrogens (tertiary/aromatic N) is 1. The van der Waals surface area contributed by atoms with E-state index in [2.05, 4.69) is 17.1 Å². The van der Waals surface area contributed by atoms with Gasteiger partial charge in [0.15, 0.2) is 0 Å². The first-order chi connectivity index (χ1) is 7.35. The molecule has 0 atom stereocenters. The summed E-state index contributed by atoms with van der Waals surface area (Å²) in [5.41, 5.74) is 0.686. The molecule has 1 heterocycles. The van der Waals surface area contributed by atoms with Gasteiger partial charge in [0.2, 0.25) is 0 Å². The summed E-state index contributed by atoms with van der Waals surface area (Å²) in [6, 6.07) is 0. The maximum atomic E-state index is 3.66. The lowest BCUT2D eigenvalue weighted by Gasteiger charge is -2.41. The Bertz CT molecular complexity index is 175. The summed E-state index contributed by atoms with van der Waals surface area (Å²) in [5, 5.41) is 3.66. The van der Waals surface area contributed by atoms with E-state index in [1.807, 2.05) is 0 Å². The Morgan fingerprint density at radius 1 is 1.13 bits per heavy atom. The molecule has 2 fully saturated rings. The molecule has 0 radical (unpaired) electrons. The van der Waals surface area contributed by atoms with Crippen molar-refractivity contribution < 1.29 is 0 Å². The van der Waals surface area contributed by atoms with E-state index in [1.54, 1.807) is 0 Å². The van der Waals surface area contributed by atoms with Gasteiger partial charge in [-0.15, -0.1) is 0 Å². The lowest BCUT2D eigenvalue weighted by molar-refractivity contribution is 0.123. The average molecular weight is 210 g/mol. The van der Waals surface area contributed by atoms with Crippen LogP contribution < -0.4 is 5.32 Å². The predicted molar refractivity (Wildman–Crippen MR) is 65.1 cm³/mol. The monoisotopic (exact) mass is 210 g/mol. The van der Waals surface area contributed by atoms with Gasteiger partial charge in [0.1, 0.15) is 0 Å². The van der Waals surface area contributed by atoms with E-state index in [9.17, 15) is 0 Å². The third-order valence-electron chi connectivity index (χ3n) is 4.47. The van der Waals surface area contributed by atoms with Crippen LogP contribution in [-0.2, 0) is 0 Å². The molecule has 0 unspecified atom stereocenters. The quantitative estimate of drug-likeness (QED) is 0.677. The molecule has 2 heteroatoms. The molecule has 0 amide bonds. The highest BCUT2D eigenvalue weighted by molar-refractivity contribution is 4.88. The second kappa shape index (κ2) is 5.31. The van der Waals surface area contributed by atoms with Gasteiger partial charge in [0, 0.05) is 19.6 Å². The van der Waals surface area contributed by atoms with Crippen molar-refractivity contribution in [3.05, 3.63) is 0 Å². The summed E-state index contributed by atoms with van der Waals surface area (Å²) in [4.78, 5) is 2.59. The Labute approximate surface area is 94.4 Å². The van der Waals surface area contributed by atoms with E-state index in [1.165, 1.54) is 71.2 Å². The fourth-order valence-electron chi connectivity index (χ4n) is 2.93. The van der Waals surface area contributed by atoms with E-state index >= 15 is 0 Å². The molecule has 1 N–H and O–H groups in total. The third kappa shape index (κ3) is 2.94. The van der Waals surface area contributed by atoms with Crippen LogP contribution in [-0.4, -0.2) is 37.6 Å². The summed E-state index contributed by atoms with van der Waals surface area (Å²) < 4.78 is 0. The van der Waals surface area contributed by atoms with Gasteiger partial charge in [-0.3, -0.25) is 0 Å². The van der Waals surface area contributed by atoms with Gasteiger partial charge in [-0.1, -0.05) is 13.3 Å². The van der Waals surface area contributed by atoms with Crippen molar-refractivity contribution in [3.8, 4) is 0 Å². The van der Waals surface area contributed by atoms with Gasteiger partial charge in [-0.25, -0.2) is 0 Å². The fraction of sp³-hybridized carbons (Fsp3) is 1.00. The molecule has 88 valence electrons. The highest BCUT2D eigenvalue weighted by atomic mass is 15.1. The fourth-order valence-corrected chi connectivity index (χ4v) is 2.93. The highest BCUT2D eigenvalue weighted by Gasteiger charge is 2.34. The Morgan fingerprint density at radius 3 is 2.40 bits per heavy atom. The molecule has 0 aromatic rings. The molecule has 1 saturated heterocycles. The summed E-state index contributed by atoms with van der Waals surface area (Å²) in [6.45, 7) is 8.74. The molecular formula is C13H26N2. The second-order valence-corrected chi connectivity index (χ2v) is 5.43. The number of rotatable bonds is 6. The molecule has 1 aliphatic heterocycles. The SMILES string of the molecule is CCC1(CNCCN2CCCC2)CCC1. The van der Waals surface area contributed by atoms with Crippen LogP contribution in [0.2, 0.25) is 0 Å². The van der Waals surface area contributed by atoms with E-state index in [0.29, 0.717) is 5.41 Å². The molecule has 0 spiro atoms. The molecule has 2 aliphatic rings. The van der Waals surface area contributed by atoms with Crippen LogP contribution in [0.5, 0.6) is 0 Å². The van der Waals surface area contributed by atoms with E-state index in [4.69, 9.17) is 0 Å². The first-order valence-corrected chi connectivity index (χ1v) is 6.78. The topological polar surface area (TPSA) is 15.3 Å². The van der Waals surface area contributed by atoms with Crippen molar-refractivity contribution in [1.29, 1.82) is 0 Å². The van der Waals surface area contributed by atoms with Gasteiger partial charge in [0.25, 0.3) is 0 Å². The van der Waals surface area contributed by atoms with Crippen LogP contribution in [0.4, 0.5) is 0 Å². The summed E-state index contributed by atoms with van der Waals surface area (Å²) in [7, 11) is 0. The van der Waals surface area contributed by atoms with Crippen molar-refractivity contribution in [3.63, 3.8) is 0 Å². The van der Waals surface area contributed by atoms with Crippen LogP contribution in [0.15, 0.2) is 0 Å². The molecule has 1 aliphatic carbocycles. The van der Waals surface area contributed by atoms with Crippen molar-refractivity contribution in [1.82, 2.24) is 10.2 Å². The average Bonchev–Trinajstić information content (AvgIpc) is 2.68. The molecule has 15 heavy (non-hydrogen) atoms. The molecule has 0 aromatic carbocycles. The lowest BCUT2D eigenvalue weighted by atomic mass is 9.67. The summed E-state index contributed by atoms with van der Waals surface area (Å²) in [6.07, 6.45) is 8.57. The first-order valence-electron chi connectivity index (χ1n) is 6.78. The van der Waals surface area contributed by atoms with Crippen LogP contribution in [0, 0.1) is 5.41 Å². The Balaban J connectivity index is 1.54. The maximum Gasteiger partial charge on any atom is 0.0107 e. The predicted octanol–water partition coefficient (Wildman–Crippen LogP) is 2.25. The standard InChI is InChI=1S/C13H26N2/c1-2-13(6-5-7-13)12-14-8-11-15-9-3-4-10-15/h14H,2-12H2,1H3. The zero-order valence-electron chi connectivity index (χ0n) is 10.2. The maximum absolute atomic E-state index is 3.66. The summed E-state index contributed by atoms with van der Waals surface area (Å²) in [5.74, 6) is 0. The molecular weight excluding hydrogens is 184 g/mol. The van der Waals surface area contributed by atoms with Gasteiger partial charge in [-0.05, 0) is 50.6 Å². The largest absolute Gasteiger partial charge is 0.315 e. The number of likely N-dealkylation sites (tertiary alicyclic amines) is 1. The molecule has 2 rings (SSSR count). The van der Waals surface area contributed by atoms with Gasteiger partial charge >= 0.3 is 0 Å². The van der Waals surface area contributed by atoms with E-state index in [-0.39, 0.29) is 0 Å². The molecule has 0 aromatic heterocycles. The van der Waals surface area contributed by atoms with Crippen LogP contribution in [0.25, 0.3) is 0 Å². The van der Waals surface area contributed by atoms with Crippen LogP contribution in [0.3, 0.4) is 0 Å². The minimum absolute atomic E-state index is 0.686. The van der Waals surface area contributed by atoms with E-state index < -0.39 is 0 Å². The zero-order chi connectivity index (χ0) is 10.6. The van der Waals surface area contributed by atoms with Gasteiger partial charge in [0.05, 0.1) is 0 Å². The molecule has 0 bridgehead atoms. The second-order valence-electron chi connectivity index (χ2n) is 5.43. The number of nitrogens with one attached hydrogen (secondary N) is 1. The first kappa shape index (κ1) is 11.4. The normalized spacial score (nSPS) is 25.4. The van der Waals surface area contributed by atoms with Crippen LogP contribution >= 0.6 is 0 Å². The molecule has 2 nitrogen and oxygen atoms in total. The van der Waals surface area contributed by atoms with Crippen molar-refractivity contribution in [2.24, 2.45) is 5.41 Å². The smallest absolute Gasteiger partial charge is 0.0107 e. The van der Waals surface area contributed by atoms with Crippen molar-refractivity contribution >= 4 is 0 Å². The number of hydrogen-bond donors (Lipinski definition) is 1. The zero-order valence-corrected chi connectivity index (χ0v) is 10.2. The minimum Gasteiger partial charge on any atom is -0.315 e. The molecule has 1 saturated carbocycles. The lowest BCUT2D eigenvalue weighted by Crippen LogP contribution is -2.41. The van der Waals surface area contributed by atoms with Crippen LogP contribution in [0.1, 0.15) is 45.4 Å². The van der Waals surface area contributed by atoms with Crippen molar-refractivity contribution in [2.75, 3.05) is 32.7 Å².